The van der Waals surface area contributed by atoms with Crippen molar-refractivity contribution >= 4 is 28.9 Å². The zero-order valence-corrected chi connectivity index (χ0v) is 16.8. The van der Waals surface area contributed by atoms with Gasteiger partial charge in [0.25, 0.3) is 5.90 Å². The van der Waals surface area contributed by atoms with Crippen LogP contribution in [0.2, 0.25) is 0 Å². The number of hydrogen-bond donors (Lipinski definition) is 0. The maximum Gasteiger partial charge on any atom is 0.309 e. The number of allylic oxidation sites excluding steroid dienone is 1. The molecule has 0 N–H and O–H groups in total. The van der Waals surface area contributed by atoms with Crippen molar-refractivity contribution in [1.82, 2.24) is 15.0 Å². The lowest BCUT2D eigenvalue weighted by molar-refractivity contribution is -0.129. The Labute approximate surface area is 156 Å². The van der Waals surface area contributed by atoms with Crippen molar-refractivity contribution in [3.63, 3.8) is 0 Å². The van der Waals surface area contributed by atoms with Crippen LogP contribution in [0.5, 0.6) is 0 Å². The molecule has 0 bridgehead atoms. The van der Waals surface area contributed by atoms with E-state index in [4.69, 9.17) is 4.74 Å². The number of aromatic nitrogens is 2. The van der Waals surface area contributed by atoms with E-state index in [1.807, 2.05) is 20.8 Å². The third-order valence-electron chi connectivity index (χ3n) is 3.37. The molecule has 2 heterocycles. The molecule has 0 saturated heterocycles. The van der Waals surface area contributed by atoms with Gasteiger partial charge in [0.15, 0.2) is 11.5 Å². The van der Waals surface area contributed by atoms with Gasteiger partial charge in [-0.2, -0.15) is 0 Å². The summed E-state index contributed by atoms with van der Waals surface area (Å²) in [6.45, 7) is 10.8. The van der Waals surface area contributed by atoms with Crippen LogP contribution in [0.1, 0.15) is 52.9 Å². The SMILES string of the molecule is CC(=N[S+]([O-])C(C)(C)C)c1nccnc1C1=NN(C)C(=O)C(=C(C)C)O1. The maximum atomic E-state index is 12.3. The van der Waals surface area contributed by atoms with Crippen molar-refractivity contribution in [3.05, 3.63) is 35.1 Å². The Bertz CT molecular complexity index is 807. The van der Waals surface area contributed by atoms with Crippen molar-refractivity contribution in [2.45, 2.75) is 46.3 Å². The molecule has 1 unspecified atom stereocenters. The average Bonchev–Trinajstić information content (AvgIpc) is 2.56. The normalized spacial score (nSPS) is 17.0. The minimum absolute atomic E-state index is 0.141. The van der Waals surface area contributed by atoms with Gasteiger partial charge in [0, 0.05) is 19.4 Å². The van der Waals surface area contributed by atoms with Crippen molar-refractivity contribution in [1.29, 1.82) is 0 Å². The lowest BCUT2D eigenvalue weighted by Crippen LogP contribution is -2.34. The van der Waals surface area contributed by atoms with E-state index in [9.17, 15) is 9.35 Å². The van der Waals surface area contributed by atoms with Crippen LogP contribution in [0.4, 0.5) is 0 Å². The number of carbonyl (C=O) groups excluding carboxylic acids is 1. The predicted octanol–water partition coefficient (Wildman–Crippen LogP) is 2.19. The highest BCUT2D eigenvalue weighted by Crippen LogP contribution is 2.21. The van der Waals surface area contributed by atoms with Gasteiger partial charge in [-0.25, -0.2) is 9.99 Å². The fourth-order valence-corrected chi connectivity index (χ4v) is 2.57. The average molecular weight is 377 g/mol. The fraction of sp³-hybridized carbons (Fsp3) is 0.471. The van der Waals surface area contributed by atoms with Crippen LogP contribution in [0.3, 0.4) is 0 Å². The number of hydrazone groups is 1. The van der Waals surface area contributed by atoms with E-state index in [1.165, 1.54) is 17.4 Å². The van der Waals surface area contributed by atoms with Gasteiger partial charge in [0.2, 0.25) is 0 Å². The molecule has 1 aromatic heterocycles. The first kappa shape index (κ1) is 20.1. The molecule has 140 valence electrons. The van der Waals surface area contributed by atoms with Crippen LogP contribution in [0.15, 0.2) is 33.2 Å². The number of likely N-dealkylation sites (N-methyl/N-ethyl adjacent to an activating group) is 1. The molecule has 1 amide bonds. The number of amides is 1. The third-order valence-corrected chi connectivity index (χ3v) is 4.86. The largest absolute Gasteiger partial charge is 0.591 e. The van der Waals surface area contributed by atoms with Gasteiger partial charge in [-0.1, -0.05) is 4.40 Å². The minimum Gasteiger partial charge on any atom is -0.591 e. The molecule has 1 aliphatic heterocycles. The maximum absolute atomic E-state index is 12.3. The molecule has 0 saturated carbocycles. The summed E-state index contributed by atoms with van der Waals surface area (Å²) in [6.07, 6.45) is 3.01. The standard InChI is InChI=1S/C17H23N5O3S/c1-10(2)14-16(23)22(7)20-15(25-14)13-12(18-8-9-19-13)11(3)21-26(24)17(4,5)6/h8-9H,1-7H3. The van der Waals surface area contributed by atoms with Gasteiger partial charge in [0.1, 0.15) is 27.5 Å². The van der Waals surface area contributed by atoms with Crippen LogP contribution in [0, 0.1) is 0 Å². The van der Waals surface area contributed by atoms with Crippen LogP contribution in [0.25, 0.3) is 0 Å². The molecule has 1 aromatic rings. The van der Waals surface area contributed by atoms with Crippen molar-refractivity contribution in [2.24, 2.45) is 9.50 Å². The molecule has 2 rings (SSSR count). The van der Waals surface area contributed by atoms with Gasteiger partial charge < -0.3 is 9.29 Å². The monoisotopic (exact) mass is 377 g/mol. The second-order valence-corrected chi connectivity index (χ2v) is 8.86. The van der Waals surface area contributed by atoms with E-state index in [2.05, 4.69) is 19.5 Å². The van der Waals surface area contributed by atoms with Crippen LogP contribution < -0.4 is 0 Å². The minimum atomic E-state index is -1.44. The van der Waals surface area contributed by atoms with E-state index >= 15 is 0 Å². The van der Waals surface area contributed by atoms with E-state index in [1.54, 1.807) is 27.8 Å². The molecule has 1 aliphatic rings. The Kier molecular flexibility index (Phi) is 5.82. The van der Waals surface area contributed by atoms with E-state index < -0.39 is 16.1 Å². The molecule has 0 radical (unpaired) electrons. The summed E-state index contributed by atoms with van der Waals surface area (Å²) < 4.78 is 21.8. The molecule has 26 heavy (non-hydrogen) atoms. The highest BCUT2D eigenvalue weighted by Gasteiger charge is 2.31. The van der Waals surface area contributed by atoms with E-state index in [0.29, 0.717) is 17.1 Å². The van der Waals surface area contributed by atoms with Crippen molar-refractivity contribution in [2.75, 3.05) is 7.05 Å². The summed E-state index contributed by atoms with van der Waals surface area (Å²) in [7, 11) is 1.54. The molecule has 0 spiro atoms. The summed E-state index contributed by atoms with van der Waals surface area (Å²) >= 11 is -1.44. The second-order valence-electron chi connectivity index (χ2n) is 6.96. The molecule has 0 aliphatic carbocycles. The summed E-state index contributed by atoms with van der Waals surface area (Å²) in [5, 5.41) is 5.34. The molecular formula is C17H23N5O3S. The first-order valence-electron chi connectivity index (χ1n) is 8.03. The van der Waals surface area contributed by atoms with Crippen LogP contribution in [-0.2, 0) is 20.9 Å². The third kappa shape index (κ3) is 4.28. The molecule has 8 nitrogen and oxygen atoms in total. The molecule has 9 heteroatoms. The highest BCUT2D eigenvalue weighted by atomic mass is 32.2. The van der Waals surface area contributed by atoms with Gasteiger partial charge in [-0.3, -0.25) is 9.78 Å². The fourth-order valence-electron chi connectivity index (χ4n) is 1.96. The lowest BCUT2D eigenvalue weighted by Gasteiger charge is -2.23. The zero-order valence-electron chi connectivity index (χ0n) is 16.0. The quantitative estimate of drug-likeness (QED) is 0.456. The van der Waals surface area contributed by atoms with E-state index in [-0.39, 0.29) is 17.6 Å². The molecule has 0 aromatic carbocycles. The number of hydrogen-bond acceptors (Lipinski definition) is 7. The number of carbonyl (C=O) groups is 1. The first-order chi connectivity index (χ1) is 12.0. The second kappa shape index (κ2) is 7.55. The number of nitrogens with zero attached hydrogens (tertiary/aromatic N) is 5. The lowest BCUT2D eigenvalue weighted by atomic mass is 10.2. The Morgan fingerprint density at radius 3 is 2.42 bits per heavy atom. The van der Waals surface area contributed by atoms with Crippen molar-refractivity contribution < 1.29 is 14.1 Å². The van der Waals surface area contributed by atoms with Crippen LogP contribution in [-0.4, -0.2) is 48.8 Å². The zero-order chi connectivity index (χ0) is 19.6. The Morgan fingerprint density at radius 1 is 1.23 bits per heavy atom. The van der Waals surface area contributed by atoms with Gasteiger partial charge >= 0.3 is 5.91 Å². The number of ether oxygens (including phenoxy) is 1. The van der Waals surface area contributed by atoms with Gasteiger partial charge in [0.05, 0.1) is 0 Å². The first-order valence-corrected chi connectivity index (χ1v) is 9.14. The predicted molar refractivity (Wildman–Crippen MR) is 101 cm³/mol. The van der Waals surface area contributed by atoms with Gasteiger partial charge in [-0.05, 0) is 47.1 Å². The van der Waals surface area contributed by atoms with Crippen LogP contribution >= 0.6 is 0 Å². The Balaban J connectivity index is 2.50. The van der Waals surface area contributed by atoms with Crippen molar-refractivity contribution in [3.8, 4) is 0 Å². The summed E-state index contributed by atoms with van der Waals surface area (Å²) in [6, 6.07) is 0. The Hall–Kier alpha value is -2.26. The smallest absolute Gasteiger partial charge is 0.309 e. The Morgan fingerprint density at radius 2 is 1.85 bits per heavy atom. The van der Waals surface area contributed by atoms with E-state index in [0.717, 1.165) is 5.57 Å². The molecular weight excluding hydrogens is 354 g/mol. The topological polar surface area (TPSA) is 103 Å². The summed E-state index contributed by atoms with van der Waals surface area (Å²) in [5.74, 6) is 0.00266. The highest BCUT2D eigenvalue weighted by molar-refractivity contribution is 7.91. The summed E-state index contributed by atoms with van der Waals surface area (Å²) in [5.41, 5.74) is 1.90. The number of rotatable bonds is 3. The molecule has 0 fully saturated rings. The van der Waals surface area contributed by atoms with Gasteiger partial charge in [-0.15, -0.1) is 5.10 Å². The summed E-state index contributed by atoms with van der Waals surface area (Å²) in [4.78, 5) is 20.7. The molecule has 1 atom stereocenters.